The van der Waals surface area contributed by atoms with Crippen molar-refractivity contribution in [3.8, 4) is 0 Å². The third kappa shape index (κ3) is 47.1. The van der Waals surface area contributed by atoms with E-state index in [1.54, 1.807) is 0 Å². The molecule has 356 valence electrons. The van der Waals surface area contributed by atoms with Crippen molar-refractivity contribution < 1.29 is 24.5 Å². The Morgan fingerprint density at radius 1 is 0.475 bits per heavy atom. The molecule has 3 N–H and O–H groups in total. The first-order chi connectivity index (χ1) is 30.0. The highest BCUT2D eigenvalue weighted by molar-refractivity contribution is 5.76. The van der Waals surface area contributed by atoms with Gasteiger partial charge < -0.3 is 20.3 Å². The molecule has 6 nitrogen and oxygen atoms in total. The zero-order valence-electron chi connectivity index (χ0n) is 40.4. The third-order valence-electron chi connectivity index (χ3n) is 11.9. The van der Waals surface area contributed by atoms with E-state index in [0.717, 1.165) is 89.9 Å². The number of nitrogens with one attached hydrogen (secondary N) is 1. The molecule has 0 spiro atoms. The lowest BCUT2D eigenvalue weighted by atomic mass is 10.0. The molecule has 2 unspecified atom stereocenters. The molecule has 0 rings (SSSR count). The van der Waals surface area contributed by atoms with Crippen LogP contribution in [0.5, 0.6) is 0 Å². The lowest BCUT2D eigenvalue weighted by molar-refractivity contribution is -0.143. The summed E-state index contributed by atoms with van der Waals surface area (Å²) in [5, 5.41) is 23.2. The van der Waals surface area contributed by atoms with Crippen LogP contribution in [-0.2, 0) is 14.3 Å². The van der Waals surface area contributed by atoms with E-state index in [2.05, 4.69) is 67.8 Å². The van der Waals surface area contributed by atoms with Crippen LogP contribution in [0.1, 0.15) is 264 Å². The molecule has 2 atom stereocenters. The average molecular weight is 856 g/mol. The monoisotopic (exact) mass is 856 g/mol. The summed E-state index contributed by atoms with van der Waals surface area (Å²) in [4.78, 5) is 24.5. The van der Waals surface area contributed by atoms with Crippen molar-refractivity contribution in [3.63, 3.8) is 0 Å². The van der Waals surface area contributed by atoms with Crippen LogP contribution in [-0.4, -0.2) is 47.4 Å². The molecule has 0 aliphatic rings. The van der Waals surface area contributed by atoms with Crippen molar-refractivity contribution in [2.45, 2.75) is 276 Å². The maximum absolute atomic E-state index is 12.4. The van der Waals surface area contributed by atoms with Crippen LogP contribution in [0.4, 0.5) is 0 Å². The van der Waals surface area contributed by atoms with Crippen LogP contribution in [0.25, 0.3) is 0 Å². The van der Waals surface area contributed by atoms with Crippen LogP contribution in [0.15, 0.2) is 48.6 Å². The molecule has 0 bridgehead atoms. The summed E-state index contributed by atoms with van der Waals surface area (Å²) >= 11 is 0. The molecule has 0 saturated heterocycles. The Morgan fingerprint density at radius 2 is 0.869 bits per heavy atom. The summed E-state index contributed by atoms with van der Waals surface area (Å²) in [6, 6.07) is -0.559. The molecular weight excluding hydrogens is 755 g/mol. The van der Waals surface area contributed by atoms with Gasteiger partial charge in [0.05, 0.1) is 25.4 Å². The largest absolute Gasteiger partial charge is 0.466 e. The van der Waals surface area contributed by atoms with Crippen LogP contribution in [0, 0.1) is 0 Å². The highest BCUT2D eigenvalue weighted by Gasteiger charge is 2.20. The van der Waals surface area contributed by atoms with Gasteiger partial charge in [0.2, 0.25) is 5.91 Å². The number of allylic oxidation sites excluding steroid dienone is 8. The van der Waals surface area contributed by atoms with E-state index in [1.165, 1.54) is 141 Å². The van der Waals surface area contributed by atoms with Gasteiger partial charge in [-0.1, -0.05) is 210 Å². The van der Waals surface area contributed by atoms with Gasteiger partial charge in [0.15, 0.2) is 0 Å². The van der Waals surface area contributed by atoms with Gasteiger partial charge in [-0.3, -0.25) is 9.59 Å². The van der Waals surface area contributed by atoms with E-state index in [-0.39, 0.29) is 18.5 Å². The minimum atomic E-state index is -0.679. The fraction of sp³-hybridized carbons (Fsp3) is 0.818. The highest BCUT2D eigenvalue weighted by Crippen LogP contribution is 2.16. The molecule has 6 heteroatoms. The summed E-state index contributed by atoms with van der Waals surface area (Å²) in [6.07, 6.45) is 62.2. The molecule has 0 aromatic rings. The second kappa shape index (κ2) is 50.5. The topological polar surface area (TPSA) is 95.9 Å². The fourth-order valence-electron chi connectivity index (χ4n) is 7.78. The van der Waals surface area contributed by atoms with Crippen molar-refractivity contribution in [1.82, 2.24) is 5.32 Å². The van der Waals surface area contributed by atoms with E-state index < -0.39 is 12.1 Å². The van der Waals surface area contributed by atoms with Crippen molar-refractivity contribution in [3.05, 3.63) is 48.6 Å². The first-order valence-electron chi connectivity index (χ1n) is 26.4. The number of aliphatic hydroxyl groups is 2. The van der Waals surface area contributed by atoms with Gasteiger partial charge in [0, 0.05) is 12.8 Å². The Balaban J connectivity index is 3.54. The number of amides is 1. The molecule has 61 heavy (non-hydrogen) atoms. The highest BCUT2D eigenvalue weighted by atomic mass is 16.5. The molecule has 0 aliphatic carbocycles. The van der Waals surface area contributed by atoms with Gasteiger partial charge in [0.1, 0.15) is 0 Å². The predicted molar refractivity (Wildman–Crippen MR) is 264 cm³/mol. The Morgan fingerprint density at radius 3 is 1.38 bits per heavy atom. The number of hydrogen-bond acceptors (Lipinski definition) is 5. The first kappa shape index (κ1) is 58.8. The number of rotatable bonds is 48. The van der Waals surface area contributed by atoms with Crippen LogP contribution >= 0.6 is 0 Å². The lowest BCUT2D eigenvalue weighted by Gasteiger charge is -2.22. The van der Waals surface area contributed by atoms with E-state index in [1.807, 2.05) is 0 Å². The molecule has 0 radical (unpaired) electrons. The van der Waals surface area contributed by atoms with E-state index >= 15 is 0 Å². The minimum Gasteiger partial charge on any atom is -0.466 e. The number of aliphatic hydroxyl groups excluding tert-OH is 2. The van der Waals surface area contributed by atoms with Crippen molar-refractivity contribution in [2.75, 3.05) is 13.2 Å². The Hall–Kier alpha value is -2.18. The Bertz CT molecular complexity index is 1040. The Labute approximate surface area is 378 Å². The van der Waals surface area contributed by atoms with Crippen LogP contribution in [0.2, 0.25) is 0 Å². The maximum Gasteiger partial charge on any atom is 0.305 e. The Kier molecular flexibility index (Phi) is 48.7. The van der Waals surface area contributed by atoms with Gasteiger partial charge in [-0.15, -0.1) is 0 Å². The third-order valence-corrected chi connectivity index (χ3v) is 11.9. The quantitative estimate of drug-likeness (QED) is 0.0245. The standard InChI is InChI=1S/C55H101NO5/c1-3-5-7-9-11-13-15-17-20-25-29-33-37-41-45-49-55(60)61-50-46-42-38-34-30-26-22-19-21-24-28-32-36-40-44-48-54(59)56-52(51-57)53(58)47-43-39-35-31-27-23-18-16-14-12-10-8-6-4-2/h11,13,17,19-20,22,26,30,52-53,57-58H,3-10,12,14-16,18,21,23-25,27-29,31-51H2,1-2H3,(H,56,59)/b13-11-,20-17-,22-19-,30-26-. The molecule has 0 aliphatic heterocycles. The first-order valence-corrected chi connectivity index (χ1v) is 26.4. The van der Waals surface area contributed by atoms with E-state index in [9.17, 15) is 19.8 Å². The normalized spacial score (nSPS) is 13.0. The van der Waals surface area contributed by atoms with Crippen molar-refractivity contribution in [1.29, 1.82) is 0 Å². The van der Waals surface area contributed by atoms with Crippen molar-refractivity contribution in [2.24, 2.45) is 0 Å². The molecule has 0 aromatic carbocycles. The number of carbonyl (C=O) groups excluding carboxylic acids is 2. The summed E-state index contributed by atoms with van der Waals surface area (Å²) in [7, 11) is 0. The summed E-state index contributed by atoms with van der Waals surface area (Å²) in [6.45, 7) is 4.85. The number of ether oxygens (including phenoxy) is 1. The predicted octanol–water partition coefficient (Wildman–Crippen LogP) is 15.8. The average Bonchev–Trinajstić information content (AvgIpc) is 3.26. The molecular formula is C55H101NO5. The fourth-order valence-corrected chi connectivity index (χ4v) is 7.78. The van der Waals surface area contributed by atoms with Gasteiger partial charge in [-0.05, 0) is 89.9 Å². The maximum atomic E-state index is 12.4. The van der Waals surface area contributed by atoms with Gasteiger partial charge >= 0.3 is 5.97 Å². The number of esters is 1. The summed E-state index contributed by atoms with van der Waals surface area (Å²) < 4.78 is 5.43. The van der Waals surface area contributed by atoms with E-state index in [0.29, 0.717) is 25.9 Å². The van der Waals surface area contributed by atoms with Gasteiger partial charge in [-0.2, -0.15) is 0 Å². The van der Waals surface area contributed by atoms with Crippen LogP contribution < -0.4 is 5.32 Å². The van der Waals surface area contributed by atoms with Crippen LogP contribution in [0.3, 0.4) is 0 Å². The molecule has 0 heterocycles. The lowest BCUT2D eigenvalue weighted by Crippen LogP contribution is -2.45. The smallest absolute Gasteiger partial charge is 0.305 e. The summed E-state index contributed by atoms with van der Waals surface area (Å²) in [5.74, 6) is -0.0954. The number of hydrogen-bond donors (Lipinski definition) is 3. The zero-order valence-corrected chi connectivity index (χ0v) is 40.4. The second-order valence-electron chi connectivity index (χ2n) is 17.9. The van der Waals surface area contributed by atoms with E-state index in [4.69, 9.17) is 4.74 Å². The number of unbranched alkanes of at least 4 members (excludes halogenated alkanes) is 30. The molecule has 0 saturated carbocycles. The van der Waals surface area contributed by atoms with Gasteiger partial charge in [0.25, 0.3) is 0 Å². The SMILES string of the molecule is CCCCC/C=C\C/C=C\CCCCCCCC(=O)OCCCCC/C=C\C=C/CCCCCCCCC(=O)NC(CO)C(O)CCCCCCCCCCCCCCCC. The molecule has 0 fully saturated rings. The molecule has 0 aromatic heterocycles. The number of carbonyl (C=O) groups is 2. The summed E-state index contributed by atoms with van der Waals surface area (Å²) in [5.41, 5.74) is 0. The second-order valence-corrected chi connectivity index (χ2v) is 17.9. The van der Waals surface area contributed by atoms with Gasteiger partial charge in [-0.25, -0.2) is 0 Å². The molecule has 1 amide bonds. The zero-order chi connectivity index (χ0) is 44.4. The van der Waals surface area contributed by atoms with Crippen molar-refractivity contribution >= 4 is 11.9 Å². The minimum absolute atomic E-state index is 0.0364.